The number of nitrogens with one attached hydrogen (secondary N) is 1. The van der Waals surface area contributed by atoms with Gasteiger partial charge >= 0.3 is 5.97 Å². The van der Waals surface area contributed by atoms with Gasteiger partial charge in [-0.05, 0) is 17.7 Å². The summed E-state index contributed by atoms with van der Waals surface area (Å²) < 4.78 is 25.3. The molecule has 0 bridgehead atoms. The van der Waals surface area contributed by atoms with Crippen LogP contribution in [0.1, 0.15) is 16.3 Å². The van der Waals surface area contributed by atoms with Gasteiger partial charge in [-0.2, -0.15) is 0 Å². The summed E-state index contributed by atoms with van der Waals surface area (Å²) in [5.74, 6) is -2.34. The van der Waals surface area contributed by atoms with Crippen molar-refractivity contribution in [2.75, 3.05) is 6.67 Å². The number of hydrogen-bond donors (Lipinski definition) is 2. The van der Waals surface area contributed by atoms with E-state index >= 15 is 0 Å². The number of nitrogens with zero attached hydrogens (tertiary/aromatic N) is 1. The van der Waals surface area contributed by atoms with E-state index in [1.165, 1.54) is 23.5 Å². The molecule has 0 aliphatic carbocycles. The van der Waals surface area contributed by atoms with Gasteiger partial charge in [-0.25, -0.2) is 18.6 Å². The molecule has 1 amide bonds. The molecule has 0 aliphatic heterocycles. The van der Waals surface area contributed by atoms with E-state index in [1.807, 2.05) is 0 Å². The van der Waals surface area contributed by atoms with Crippen LogP contribution in [0.15, 0.2) is 29.6 Å². The van der Waals surface area contributed by atoms with Crippen molar-refractivity contribution in [1.29, 1.82) is 0 Å². The molecular formula is C15H14F2N2O3S. The second-order valence-electron chi connectivity index (χ2n) is 4.83. The fourth-order valence-corrected chi connectivity index (χ4v) is 2.69. The van der Waals surface area contributed by atoms with E-state index in [9.17, 15) is 18.4 Å². The predicted molar refractivity (Wildman–Crippen MR) is 80.6 cm³/mol. The number of carboxylic acid groups (broad SMARTS) is 1. The maximum absolute atomic E-state index is 12.8. The number of amides is 1. The van der Waals surface area contributed by atoms with Gasteiger partial charge in [0.25, 0.3) is 0 Å². The minimum absolute atomic E-state index is 0.121. The number of rotatable bonds is 7. The third kappa shape index (κ3) is 5.10. The van der Waals surface area contributed by atoms with Crippen molar-refractivity contribution in [3.63, 3.8) is 0 Å². The van der Waals surface area contributed by atoms with Crippen molar-refractivity contribution in [2.24, 2.45) is 0 Å². The van der Waals surface area contributed by atoms with Gasteiger partial charge in [0.2, 0.25) is 5.91 Å². The first kappa shape index (κ1) is 17.0. The van der Waals surface area contributed by atoms with E-state index in [4.69, 9.17) is 5.11 Å². The highest BCUT2D eigenvalue weighted by molar-refractivity contribution is 7.09. The summed E-state index contributed by atoms with van der Waals surface area (Å²) in [7, 11) is 0. The normalized spacial score (nSPS) is 11.9. The Morgan fingerprint density at radius 1 is 1.30 bits per heavy atom. The highest BCUT2D eigenvalue weighted by atomic mass is 32.1. The molecule has 0 aliphatic rings. The lowest BCUT2D eigenvalue weighted by atomic mass is 10.1. The summed E-state index contributed by atoms with van der Waals surface area (Å²) in [4.78, 5) is 26.6. The van der Waals surface area contributed by atoms with Crippen LogP contribution in [-0.2, 0) is 22.4 Å². The van der Waals surface area contributed by atoms with Crippen LogP contribution in [0.3, 0.4) is 0 Å². The second kappa shape index (κ2) is 7.77. The molecule has 2 aromatic rings. The van der Waals surface area contributed by atoms with E-state index in [0.717, 1.165) is 10.6 Å². The van der Waals surface area contributed by atoms with Crippen LogP contribution < -0.4 is 5.32 Å². The van der Waals surface area contributed by atoms with Crippen molar-refractivity contribution in [2.45, 2.75) is 18.9 Å². The molecule has 1 atom stereocenters. The fraction of sp³-hybridized carbons (Fsp3) is 0.267. The van der Waals surface area contributed by atoms with E-state index in [-0.39, 0.29) is 12.2 Å². The number of hydrogen-bond acceptors (Lipinski definition) is 4. The Morgan fingerprint density at radius 2 is 2.00 bits per heavy atom. The smallest absolute Gasteiger partial charge is 0.328 e. The Morgan fingerprint density at radius 3 is 2.61 bits per heavy atom. The van der Waals surface area contributed by atoms with Crippen LogP contribution in [0.2, 0.25) is 0 Å². The molecule has 1 heterocycles. The maximum Gasteiger partial charge on any atom is 0.328 e. The minimum Gasteiger partial charge on any atom is -0.480 e. The minimum atomic E-state index is -1.54. The summed E-state index contributed by atoms with van der Waals surface area (Å²) >= 11 is 1.35. The van der Waals surface area contributed by atoms with Gasteiger partial charge in [0, 0.05) is 11.8 Å². The zero-order chi connectivity index (χ0) is 16.8. The van der Waals surface area contributed by atoms with Crippen molar-refractivity contribution in [3.8, 4) is 0 Å². The Hall–Kier alpha value is -2.35. The van der Waals surface area contributed by atoms with E-state index in [0.29, 0.717) is 12.1 Å². The van der Waals surface area contributed by atoms with Crippen molar-refractivity contribution >= 4 is 23.2 Å². The lowest BCUT2D eigenvalue weighted by Crippen LogP contribution is -2.43. The summed E-state index contributed by atoms with van der Waals surface area (Å²) in [6, 6.07) is 4.49. The lowest BCUT2D eigenvalue weighted by Gasteiger charge is -2.09. The lowest BCUT2D eigenvalue weighted by molar-refractivity contribution is -0.142. The fourth-order valence-electron chi connectivity index (χ4n) is 1.86. The molecule has 8 heteroatoms. The predicted octanol–water partition coefficient (Wildman–Crippen LogP) is 1.95. The van der Waals surface area contributed by atoms with Crippen LogP contribution in [0.25, 0.3) is 0 Å². The largest absolute Gasteiger partial charge is 0.480 e. The first-order valence-corrected chi connectivity index (χ1v) is 7.61. The molecule has 0 spiro atoms. The Bertz CT molecular complexity index is 688. The van der Waals surface area contributed by atoms with Crippen molar-refractivity contribution in [1.82, 2.24) is 10.3 Å². The number of aromatic nitrogens is 1. The van der Waals surface area contributed by atoms with Gasteiger partial charge < -0.3 is 10.4 Å². The highest BCUT2D eigenvalue weighted by Gasteiger charge is 2.20. The Labute approximate surface area is 135 Å². The number of carbonyl (C=O) groups is 2. The molecule has 0 radical (unpaired) electrons. The second-order valence-corrected chi connectivity index (χ2v) is 5.77. The number of carboxylic acids is 1. The van der Waals surface area contributed by atoms with E-state index in [2.05, 4.69) is 10.3 Å². The average Bonchev–Trinajstić information content (AvgIpc) is 2.94. The first-order chi connectivity index (χ1) is 11.0. The van der Waals surface area contributed by atoms with Gasteiger partial charge in [0.15, 0.2) is 6.04 Å². The molecule has 2 N–H and O–H groups in total. The standard InChI is InChI=1S/C15H14F2N2O3S/c16-7-12(15(21)22)19-13(20)6-11-8-23-14(18-11)5-9-1-3-10(17)4-2-9/h1-4,8,12H,5-7H2,(H,19,20)(H,21,22). The third-order valence-electron chi connectivity index (χ3n) is 3.00. The summed E-state index contributed by atoms with van der Waals surface area (Å²) in [6.45, 7) is -1.17. The van der Waals surface area contributed by atoms with Gasteiger partial charge in [-0.1, -0.05) is 12.1 Å². The monoisotopic (exact) mass is 340 g/mol. The van der Waals surface area contributed by atoms with Gasteiger partial charge in [0.1, 0.15) is 12.5 Å². The number of aliphatic carboxylic acids is 1. The molecule has 2 rings (SSSR count). The molecule has 0 fully saturated rings. The van der Waals surface area contributed by atoms with Crippen molar-refractivity contribution < 1.29 is 23.5 Å². The molecular weight excluding hydrogens is 326 g/mol. The van der Waals surface area contributed by atoms with Crippen LogP contribution in [0.4, 0.5) is 8.78 Å². The third-order valence-corrected chi connectivity index (χ3v) is 3.89. The first-order valence-electron chi connectivity index (χ1n) is 6.73. The number of alkyl halides is 1. The number of thiazole rings is 1. The average molecular weight is 340 g/mol. The molecule has 0 saturated heterocycles. The van der Waals surface area contributed by atoms with Crippen LogP contribution in [0.5, 0.6) is 0 Å². The topological polar surface area (TPSA) is 79.3 Å². The van der Waals surface area contributed by atoms with Crippen molar-refractivity contribution in [3.05, 3.63) is 51.7 Å². The number of halogens is 2. The molecule has 1 aromatic heterocycles. The molecule has 0 saturated carbocycles. The molecule has 122 valence electrons. The molecule has 1 unspecified atom stereocenters. The Kier molecular flexibility index (Phi) is 5.75. The van der Waals surface area contributed by atoms with E-state index in [1.54, 1.807) is 17.5 Å². The summed E-state index contributed by atoms with van der Waals surface area (Å²) in [5, 5.41) is 13.2. The summed E-state index contributed by atoms with van der Waals surface area (Å²) in [5.41, 5.74) is 1.37. The SMILES string of the molecule is O=C(Cc1csc(Cc2ccc(F)cc2)n1)NC(CF)C(=O)O. The Balaban J connectivity index is 1.92. The quantitative estimate of drug-likeness (QED) is 0.807. The van der Waals surface area contributed by atoms with Crippen LogP contribution in [0, 0.1) is 5.82 Å². The maximum atomic E-state index is 12.8. The zero-order valence-electron chi connectivity index (χ0n) is 12.0. The van der Waals surface area contributed by atoms with Gasteiger partial charge in [0.05, 0.1) is 17.1 Å². The zero-order valence-corrected chi connectivity index (χ0v) is 12.8. The molecule has 1 aromatic carbocycles. The highest BCUT2D eigenvalue weighted by Crippen LogP contribution is 2.15. The molecule has 23 heavy (non-hydrogen) atoms. The number of benzene rings is 1. The van der Waals surface area contributed by atoms with E-state index < -0.39 is 24.6 Å². The number of carbonyl (C=O) groups excluding carboxylic acids is 1. The summed E-state index contributed by atoms with van der Waals surface area (Å²) in [6.07, 6.45) is 0.387. The molecule has 5 nitrogen and oxygen atoms in total. The van der Waals surface area contributed by atoms with Crippen LogP contribution in [-0.4, -0.2) is 34.7 Å². The van der Waals surface area contributed by atoms with Gasteiger partial charge in [-0.15, -0.1) is 11.3 Å². The van der Waals surface area contributed by atoms with Gasteiger partial charge in [-0.3, -0.25) is 4.79 Å². The van der Waals surface area contributed by atoms with Crippen LogP contribution >= 0.6 is 11.3 Å².